The van der Waals surface area contributed by atoms with Gasteiger partial charge in [-0.2, -0.15) is 5.26 Å². The predicted molar refractivity (Wildman–Crippen MR) is 63.4 cm³/mol. The molecule has 0 saturated carbocycles. The van der Waals surface area contributed by atoms with Crippen LogP contribution in [0.15, 0.2) is 24.3 Å². The van der Waals surface area contributed by atoms with Crippen LogP contribution < -0.4 is 0 Å². The Hall–Kier alpha value is -2.12. The maximum atomic E-state index is 10.7. The Morgan fingerprint density at radius 1 is 1.41 bits per heavy atom. The van der Waals surface area contributed by atoms with Gasteiger partial charge in [0.25, 0.3) is 0 Å². The van der Waals surface area contributed by atoms with Gasteiger partial charge in [-0.1, -0.05) is 11.6 Å². The monoisotopic (exact) mass is 245 g/mol. The Morgan fingerprint density at radius 3 is 2.53 bits per heavy atom. The zero-order valence-corrected chi connectivity index (χ0v) is 9.77. The fourth-order valence-electron chi connectivity index (χ4n) is 1.59. The van der Waals surface area contributed by atoms with E-state index < -0.39 is 0 Å². The van der Waals surface area contributed by atoms with E-state index >= 15 is 0 Å². The van der Waals surface area contributed by atoms with Crippen LogP contribution in [-0.2, 0) is 0 Å². The average molecular weight is 246 g/mol. The number of hydrogen-bond donors (Lipinski definition) is 0. The summed E-state index contributed by atoms with van der Waals surface area (Å²) in [5.74, 6) is 0.627. The van der Waals surface area contributed by atoms with E-state index in [9.17, 15) is 4.79 Å². The van der Waals surface area contributed by atoms with Crippen molar-refractivity contribution in [2.75, 3.05) is 0 Å². The van der Waals surface area contributed by atoms with Gasteiger partial charge in [-0.05, 0) is 31.2 Å². The van der Waals surface area contributed by atoms with Crippen LogP contribution in [0.1, 0.15) is 21.9 Å². The van der Waals surface area contributed by atoms with Gasteiger partial charge >= 0.3 is 0 Å². The molecule has 0 saturated heterocycles. The number of nitriles is 1. The number of benzene rings is 1. The number of rotatable bonds is 2. The van der Waals surface area contributed by atoms with Crippen LogP contribution in [0, 0.1) is 18.3 Å². The van der Waals surface area contributed by atoms with Crippen LogP contribution in [0.4, 0.5) is 0 Å². The molecule has 1 aromatic heterocycles. The van der Waals surface area contributed by atoms with Gasteiger partial charge < -0.3 is 0 Å². The lowest BCUT2D eigenvalue weighted by molar-refractivity contribution is 0.111. The average Bonchev–Trinajstić information content (AvgIpc) is 2.64. The molecule has 1 heterocycles. The Morgan fingerprint density at radius 2 is 2.06 bits per heavy atom. The van der Waals surface area contributed by atoms with Gasteiger partial charge in [0.2, 0.25) is 0 Å². The number of carbonyl (C=O) groups excluding carboxylic acids is 1. The largest absolute Gasteiger partial charge is 0.296 e. The molecule has 84 valence electrons. The van der Waals surface area contributed by atoms with Crippen LogP contribution in [0.2, 0.25) is 5.15 Å². The normalized spacial score (nSPS) is 9.94. The van der Waals surface area contributed by atoms with Crippen LogP contribution in [0.25, 0.3) is 5.69 Å². The number of aldehydes is 1. The highest BCUT2D eigenvalue weighted by atomic mass is 35.5. The standard InChI is InChI=1S/C12H8ClN3O/c1-8-15-11(7-17)12(13)16(8)10-4-2-9(6-14)3-5-10/h2-5,7H,1H3. The van der Waals surface area contributed by atoms with E-state index in [0.717, 1.165) is 5.69 Å². The van der Waals surface area contributed by atoms with E-state index in [4.69, 9.17) is 16.9 Å². The maximum Gasteiger partial charge on any atom is 0.171 e. The second-order valence-electron chi connectivity index (χ2n) is 3.45. The van der Waals surface area contributed by atoms with Gasteiger partial charge in [-0.15, -0.1) is 0 Å². The molecule has 0 radical (unpaired) electrons. The Kier molecular flexibility index (Phi) is 2.94. The lowest BCUT2D eigenvalue weighted by Crippen LogP contribution is -1.97. The number of carbonyl (C=O) groups is 1. The lowest BCUT2D eigenvalue weighted by Gasteiger charge is -2.06. The molecule has 1 aromatic carbocycles. The Bertz CT molecular complexity index is 608. The molecule has 2 aromatic rings. The minimum Gasteiger partial charge on any atom is -0.296 e. The fourth-order valence-corrected chi connectivity index (χ4v) is 1.89. The second-order valence-corrected chi connectivity index (χ2v) is 3.81. The van der Waals surface area contributed by atoms with Crippen molar-refractivity contribution in [1.29, 1.82) is 5.26 Å². The second kappa shape index (κ2) is 4.40. The summed E-state index contributed by atoms with van der Waals surface area (Å²) >= 11 is 6.04. The zero-order valence-electron chi connectivity index (χ0n) is 9.01. The third-order valence-electron chi connectivity index (χ3n) is 2.38. The van der Waals surface area contributed by atoms with E-state index in [1.807, 2.05) is 6.07 Å². The first-order chi connectivity index (χ1) is 8.17. The molecule has 0 spiro atoms. The first kappa shape index (κ1) is 11.4. The Labute approximate surface area is 103 Å². The summed E-state index contributed by atoms with van der Waals surface area (Å²) in [4.78, 5) is 14.8. The highest BCUT2D eigenvalue weighted by molar-refractivity contribution is 6.32. The molecule has 0 atom stereocenters. The molecule has 4 nitrogen and oxygen atoms in total. The van der Waals surface area contributed by atoms with E-state index in [2.05, 4.69) is 4.98 Å². The van der Waals surface area contributed by atoms with Gasteiger partial charge in [-0.25, -0.2) is 4.98 Å². The molecule has 2 rings (SSSR count). The number of halogens is 1. The van der Waals surface area contributed by atoms with Crippen molar-refractivity contribution in [3.8, 4) is 11.8 Å². The van der Waals surface area contributed by atoms with E-state index in [1.165, 1.54) is 0 Å². The number of hydrogen-bond acceptors (Lipinski definition) is 3. The van der Waals surface area contributed by atoms with Crippen molar-refractivity contribution in [3.63, 3.8) is 0 Å². The van der Waals surface area contributed by atoms with Gasteiger partial charge in [0.1, 0.15) is 16.7 Å². The number of imidazole rings is 1. The van der Waals surface area contributed by atoms with Crippen molar-refractivity contribution in [3.05, 3.63) is 46.5 Å². The zero-order chi connectivity index (χ0) is 12.4. The molecule has 0 aliphatic rings. The molecule has 0 unspecified atom stereocenters. The van der Waals surface area contributed by atoms with Crippen molar-refractivity contribution in [2.45, 2.75) is 6.92 Å². The molecule has 0 bridgehead atoms. The number of aryl methyl sites for hydroxylation is 1. The third-order valence-corrected chi connectivity index (χ3v) is 2.74. The molecule has 0 aliphatic heterocycles. The SMILES string of the molecule is Cc1nc(C=O)c(Cl)n1-c1ccc(C#N)cc1. The predicted octanol–water partition coefficient (Wildman–Crippen LogP) is 2.52. The van der Waals surface area contributed by atoms with Crippen LogP contribution >= 0.6 is 11.6 Å². The molecule has 0 N–H and O–H groups in total. The maximum absolute atomic E-state index is 10.7. The molecular weight excluding hydrogens is 238 g/mol. The van der Waals surface area contributed by atoms with Crippen molar-refractivity contribution < 1.29 is 4.79 Å². The van der Waals surface area contributed by atoms with E-state index in [0.29, 0.717) is 17.7 Å². The molecule has 17 heavy (non-hydrogen) atoms. The highest BCUT2D eigenvalue weighted by Gasteiger charge is 2.13. The van der Waals surface area contributed by atoms with Gasteiger partial charge in [-0.3, -0.25) is 9.36 Å². The summed E-state index contributed by atoms with van der Waals surface area (Å²) in [5.41, 5.74) is 1.55. The molecule has 0 fully saturated rings. The van der Waals surface area contributed by atoms with Gasteiger partial charge in [0, 0.05) is 5.69 Å². The van der Waals surface area contributed by atoms with Gasteiger partial charge in [0.05, 0.1) is 11.6 Å². The third kappa shape index (κ3) is 1.93. The summed E-state index contributed by atoms with van der Waals surface area (Å²) in [6.07, 6.45) is 0.621. The van der Waals surface area contributed by atoms with E-state index in [-0.39, 0.29) is 10.8 Å². The summed E-state index contributed by atoms with van der Waals surface area (Å²) in [6, 6.07) is 8.92. The molecular formula is C12H8ClN3O. The highest BCUT2D eigenvalue weighted by Crippen LogP contribution is 2.22. The van der Waals surface area contributed by atoms with Crippen LogP contribution in [0.3, 0.4) is 0 Å². The summed E-state index contributed by atoms with van der Waals surface area (Å²) in [6.45, 7) is 1.76. The molecule has 0 amide bonds. The van der Waals surface area contributed by atoms with Crippen molar-refractivity contribution in [1.82, 2.24) is 9.55 Å². The topological polar surface area (TPSA) is 58.7 Å². The fraction of sp³-hybridized carbons (Fsp3) is 0.0833. The van der Waals surface area contributed by atoms with Crippen molar-refractivity contribution >= 4 is 17.9 Å². The minimum atomic E-state index is 0.216. The number of aromatic nitrogens is 2. The minimum absolute atomic E-state index is 0.216. The lowest BCUT2D eigenvalue weighted by atomic mass is 10.2. The first-order valence-corrected chi connectivity index (χ1v) is 5.25. The summed E-state index contributed by atoms with van der Waals surface area (Å²) < 4.78 is 1.66. The molecule has 5 heteroatoms. The smallest absolute Gasteiger partial charge is 0.171 e. The summed E-state index contributed by atoms with van der Waals surface area (Å²) in [5, 5.41) is 8.99. The molecule has 0 aliphatic carbocycles. The quantitative estimate of drug-likeness (QED) is 0.764. The van der Waals surface area contributed by atoms with Gasteiger partial charge in [0.15, 0.2) is 6.29 Å². The van der Waals surface area contributed by atoms with Crippen LogP contribution in [0.5, 0.6) is 0 Å². The first-order valence-electron chi connectivity index (χ1n) is 4.88. The summed E-state index contributed by atoms with van der Waals surface area (Å²) in [7, 11) is 0. The van der Waals surface area contributed by atoms with Crippen LogP contribution in [-0.4, -0.2) is 15.8 Å². The number of nitrogens with zero attached hydrogens (tertiary/aromatic N) is 3. The van der Waals surface area contributed by atoms with E-state index in [1.54, 1.807) is 35.8 Å². The van der Waals surface area contributed by atoms with Crippen molar-refractivity contribution in [2.24, 2.45) is 0 Å². The Balaban J connectivity index is 2.56.